The molecule has 1 aromatic rings. The summed E-state index contributed by atoms with van der Waals surface area (Å²) >= 11 is 0. The van der Waals surface area contributed by atoms with Gasteiger partial charge in [0.25, 0.3) is 0 Å². The SMILES string of the molecule is COc1ccccc1OC(=O)[C@]1(C)OCO[C@@]1(C)C(=O)O. The molecule has 7 heteroatoms. The molecule has 0 aliphatic carbocycles. The molecule has 21 heavy (non-hydrogen) atoms. The Morgan fingerprint density at radius 2 is 1.71 bits per heavy atom. The van der Waals surface area contributed by atoms with E-state index < -0.39 is 23.1 Å². The number of esters is 1. The van der Waals surface area contributed by atoms with Gasteiger partial charge in [0.2, 0.25) is 11.2 Å². The van der Waals surface area contributed by atoms with Crippen molar-refractivity contribution in [2.24, 2.45) is 0 Å². The van der Waals surface area contributed by atoms with Gasteiger partial charge in [-0.3, -0.25) is 0 Å². The van der Waals surface area contributed by atoms with Crippen molar-refractivity contribution in [2.45, 2.75) is 25.0 Å². The van der Waals surface area contributed by atoms with Crippen LogP contribution in [0.3, 0.4) is 0 Å². The number of benzene rings is 1. The normalized spacial score (nSPS) is 28.1. The van der Waals surface area contributed by atoms with Crippen molar-refractivity contribution in [1.82, 2.24) is 0 Å². The van der Waals surface area contributed by atoms with Crippen molar-refractivity contribution in [1.29, 1.82) is 0 Å². The van der Waals surface area contributed by atoms with Crippen LogP contribution in [0.2, 0.25) is 0 Å². The van der Waals surface area contributed by atoms with Crippen molar-refractivity contribution in [3.05, 3.63) is 24.3 Å². The number of carbonyl (C=O) groups is 2. The van der Waals surface area contributed by atoms with Gasteiger partial charge in [0.1, 0.15) is 6.79 Å². The molecule has 0 spiro atoms. The Bertz CT molecular complexity index is 570. The molecule has 2 atom stereocenters. The van der Waals surface area contributed by atoms with Gasteiger partial charge in [-0.2, -0.15) is 0 Å². The molecule has 1 aliphatic rings. The van der Waals surface area contributed by atoms with Crippen LogP contribution in [0, 0.1) is 0 Å². The van der Waals surface area contributed by atoms with E-state index in [1.807, 2.05) is 0 Å². The number of aliphatic carboxylic acids is 1. The molecule has 0 unspecified atom stereocenters. The molecule has 1 fully saturated rings. The molecule has 1 N–H and O–H groups in total. The minimum atomic E-state index is -1.83. The first-order chi connectivity index (χ1) is 9.85. The molecule has 0 radical (unpaired) electrons. The number of hydrogen-bond donors (Lipinski definition) is 1. The Labute approximate surface area is 121 Å². The average Bonchev–Trinajstić information content (AvgIpc) is 2.78. The molecule has 114 valence electrons. The van der Waals surface area contributed by atoms with Crippen LogP contribution in [-0.2, 0) is 19.1 Å². The lowest BCUT2D eigenvalue weighted by molar-refractivity contribution is -0.175. The molecule has 1 aliphatic heterocycles. The maximum absolute atomic E-state index is 12.4. The zero-order chi connectivity index (χ0) is 15.7. The monoisotopic (exact) mass is 296 g/mol. The highest BCUT2D eigenvalue weighted by Gasteiger charge is 2.63. The first-order valence-corrected chi connectivity index (χ1v) is 6.22. The van der Waals surface area contributed by atoms with E-state index in [4.69, 9.17) is 18.9 Å². The van der Waals surface area contributed by atoms with Crippen molar-refractivity contribution in [3.63, 3.8) is 0 Å². The smallest absolute Gasteiger partial charge is 0.347 e. The second kappa shape index (κ2) is 5.34. The zero-order valence-corrected chi connectivity index (χ0v) is 11.9. The van der Waals surface area contributed by atoms with E-state index in [0.29, 0.717) is 5.75 Å². The highest BCUT2D eigenvalue weighted by atomic mass is 16.7. The van der Waals surface area contributed by atoms with E-state index in [0.717, 1.165) is 0 Å². The zero-order valence-electron chi connectivity index (χ0n) is 11.9. The number of ether oxygens (including phenoxy) is 4. The van der Waals surface area contributed by atoms with Crippen LogP contribution in [0.15, 0.2) is 24.3 Å². The molecule has 2 rings (SSSR count). The van der Waals surface area contributed by atoms with Gasteiger partial charge in [-0.05, 0) is 26.0 Å². The number of para-hydroxylation sites is 2. The summed E-state index contributed by atoms with van der Waals surface area (Å²) in [4.78, 5) is 23.8. The molecule has 0 aromatic heterocycles. The second-order valence-corrected chi connectivity index (χ2v) is 4.82. The number of carbonyl (C=O) groups excluding carboxylic acids is 1. The van der Waals surface area contributed by atoms with E-state index in [2.05, 4.69) is 0 Å². The van der Waals surface area contributed by atoms with E-state index in [-0.39, 0.29) is 12.5 Å². The van der Waals surface area contributed by atoms with Crippen LogP contribution in [-0.4, -0.2) is 42.1 Å². The Morgan fingerprint density at radius 1 is 1.14 bits per heavy atom. The van der Waals surface area contributed by atoms with Gasteiger partial charge in [0.05, 0.1) is 7.11 Å². The molecule has 7 nitrogen and oxygen atoms in total. The number of methoxy groups -OCH3 is 1. The van der Waals surface area contributed by atoms with Crippen molar-refractivity contribution in [2.75, 3.05) is 13.9 Å². The Morgan fingerprint density at radius 3 is 2.29 bits per heavy atom. The number of rotatable bonds is 4. The quantitative estimate of drug-likeness (QED) is 0.659. The maximum Gasteiger partial charge on any atom is 0.347 e. The van der Waals surface area contributed by atoms with Crippen LogP contribution in [0.5, 0.6) is 11.5 Å². The highest BCUT2D eigenvalue weighted by molar-refractivity contribution is 5.93. The lowest BCUT2D eigenvalue weighted by atomic mass is 9.86. The third kappa shape index (κ3) is 2.34. The second-order valence-electron chi connectivity index (χ2n) is 4.82. The van der Waals surface area contributed by atoms with Crippen LogP contribution < -0.4 is 9.47 Å². The Hall–Kier alpha value is -2.12. The van der Waals surface area contributed by atoms with Gasteiger partial charge in [-0.1, -0.05) is 12.1 Å². The summed E-state index contributed by atoms with van der Waals surface area (Å²) in [6, 6.07) is 6.53. The molecule has 0 saturated carbocycles. The fraction of sp³-hybridized carbons (Fsp3) is 0.429. The molecule has 0 bridgehead atoms. The molecule has 0 amide bonds. The lowest BCUT2D eigenvalue weighted by Gasteiger charge is -2.31. The van der Waals surface area contributed by atoms with Gasteiger partial charge >= 0.3 is 11.9 Å². The lowest BCUT2D eigenvalue weighted by Crippen LogP contribution is -2.59. The number of carboxylic acid groups (broad SMARTS) is 1. The van der Waals surface area contributed by atoms with Gasteiger partial charge in [0, 0.05) is 0 Å². The topological polar surface area (TPSA) is 91.3 Å². The van der Waals surface area contributed by atoms with Crippen molar-refractivity contribution in [3.8, 4) is 11.5 Å². The van der Waals surface area contributed by atoms with E-state index in [9.17, 15) is 14.7 Å². The summed E-state index contributed by atoms with van der Waals surface area (Å²) in [5, 5.41) is 9.29. The first kappa shape index (κ1) is 15.3. The third-order valence-electron chi connectivity index (χ3n) is 3.67. The average molecular weight is 296 g/mol. The maximum atomic E-state index is 12.4. The fourth-order valence-electron chi connectivity index (χ4n) is 1.96. The van der Waals surface area contributed by atoms with Gasteiger partial charge < -0.3 is 24.1 Å². The summed E-state index contributed by atoms with van der Waals surface area (Å²) < 4.78 is 20.6. The van der Waals surface area contributed by atoms with Crippen molar-refractivity contribution >= 4 is 11.9 Å². The van der Waals surface area contributed by atoms with Crippen LogP contribution in [0.25, 0.3) is 0 Å². The number of hydrogen-bond acceptors (Lipinski definition) is 6. The van der Waals surface area contributed by atoms with Crippen LogP contribution >= 0.6 is 0 Å². The highest BCUT2D eigenvalue weighted by Crippen LogP contribution is 2.38. The van der Waals surface area contributed by atoms with Gasteiger partial charge in [-0.25, -0.2) is 9.59 Å². The first-order valence-electron chi connectivity index (χ1n) is 6.22. The van der Waals surface area contributed by atoms with Gasteiger partial charge in [-0.15, -0.1) is 0 Å². The third-order valence-corrected chi connectivity index (χ3v) is 3.67. The molecule has 1 heterocycles. The fourth-order valence-corrected chi connectivity index (χ4v) is 1.96. The standard InChI is InChI=1S/C14H16O7/c1-13(11(15)16)14(2,20-8-19-13)12(17)21-10-7-5-4-6-9(10)18-3/h4-7H,8H2,1-3H3,(H,15,16)/t13-,14-/m0/s1. The molecule has 1 saturated heterocycles. The summed E-state index contributed by atoms with van der Waals surface area (Å²) in [6.07, 6.45) is 0. The largest absolute Gasteiger partial charge is 0.493 e. The summed E-state index contributed by atoms with van der Waals surface area (Å²) in [6.45, 7) is 2.29. The van der Waals surface area contributed by atoms with E-state index >= 15 is 0 Å². The summed E-state index contributed by atoms with van der Waals surface area (Å²) in [7, 11) is 1.44. The summed E-state index contributed by atoms with van der Waals surface area (Å²) in [5.74, 6) is -1.64. The predicted octanol–water partition coefficient (Wildman–Crippen LogP) is 1.21. The summed E-state index contributed by atoms with van der Waals surface area (Å²) in [5.41, 5.74) is -3.59. The van der Waals surface area contributed by atoms with Crippen molar-refractivity contribution < 1.29 is 33.6 Å². The van der Waals surface area contributed by atoms with E-state index in [1.54, 1.807) is 18.2 Å². The number of carboxylic acids is 1. The Kier molecular flexibility index (Phi) is 3.89. The molecule has 1 aromatic carbocycles. The minimum absolute atomic E-state index is 0.175. The molecular weight excluding hydrogens is 280 g/mol. The van der Waals surface area contributed by atoms with E-state index in [1.165, 1.54) is 27.0 Å². The van der Waals surface area contributed by atoms with Crippen LogP contribution in [0.1, 0.15) is 13.8 Å². The molecular formula is C14H16O7. The van der Waals surface area contributed by atoms with Crippen LogP contribution in [0.4, 0.5) is 0 Å². The predicted molar refractivity (Wildman–Crippen MR) is 70.1 cm³/mol. The Balaban J connectivity index is 2.29. The van der Waals surface area contributed by atoms with Gasteiger partial charge in [0.15, 0.2) is 11.5 Å². The minimum Gasteiger partial charge on any atom is -0.493 e.